The molecule has 1 atom stereocenters. The van der Waals surface area contributed by atoms with Gasteiger partial charge in [0.15, 0.2) is 0 Å². The molecule has 0 aliphatic carbocycles. The van der Waals surface area contributed by atoms with Gasteiger partial charge in [-0.25, -0.2) is 0 Å². The second-order valence-electron chi connectivity index (χ2n) is 4.42. The van der Waals surface area contributed by atoms with Crippen LogP contribution in [0.1, 0.15) is 26.7 Å². The van der Waals surface area contributed by atoms with Crippen molar-refractivity contribution >= 4 is 16.1 Å². The zero-order valence-corrected chi connectivity index (χ0v) is 11.3. The number of allylic oxidation sites excluding steroid dienone is 1. The van der Waals surface area contributed by atoms with Crippen LogP contribution in [0.2, 0.25) is 19.6 Å². The van der Waals surface area contributed by atoms with E-state index < -0.39 is 16.1 Å². The van der Waals surface area contributed by atoms with Crippen molar-refractivity contribution in [2.24, 2.45) is 5.40 Å². The molecule has 72 valence electrons. The molecule has 1 nitrogen and oxygen atoms in total. The van der Waals surface area contributed by atoms with E-state index in [0.717, 1.165) is 0 Å². The van der Waals surface area contributed by atoms with Gasteiger partial charge in [-0.2, -0.15) is 0 Å². The Bertz CT molecular complexity index is 152. The Morgan fingerprint density at radius 1 is 1.25 bits per heavy atom. The molecular formula is C9H23NSi2. The SMILES string of the molecule is CCC(=C[SiH](N)[Si](C)(C)C)CC. The van der Waals surface area contributed by atoms with Crippen LogP contribution in [0.5, 0.6) is 0 Å². The Morgan fingerprint density at radius 3 is 1.92 bits per heavy atom. The summed E-state index contributed by atoms with van der Waals surface area (Å²) in [7, 11) is -2.02. The Morgan fingerprint density at radius 2 is 1.67 bits per heavy atom. The summed E-state index contributed by atoms with van der Waals surface area (Å²) in [5.41, 5.74) is 3.99. The fraction of sp³-hybridized carbons (Fsp3) is 0.778. The van der Waals surface area contributed by atoms with Gasteiger partial charge in [0, 0.05) is 0 Å². The minimum Gasteiger partial charge on any atom is -0.352 e. The molecule has 0 fully saturated rings. The second kappa shape index (κ2) is 4.99. The summed E-state index contributed by atoms with van der Waals surface area (Å²) in [6, 6.07) is 0. The number of hydrogen-bond acceptors (Lipinski definition) is 1. The summed E-state index contributed by atoms with van der Waals surface area (Å²) in [6.07, 6.45) is 2.36. The second-order valence-corrected chi connectivity index (χ2v) is 17.7. The maximum absolute atomic E-state index is 6.23. The van der Waals surface area contributed by atoms with Crippen molar-refractivity contribution in [1.29, 1.82) is 0 Å². The molecule has 0 aromatic rings. The molecule has 0 aliphatic heterocycles. The smallest absolute Gasteiger partial charge is 0.120 e. The van der Waals surface area contributed by atoms with Gasteiger partial charge < -0.3 is 5.40 Å². The van der Waals surface area contributed by atoms with Crippen LogP contribution in [0, 0.1) is 0 Å². The van der Waals surface area contributed by atoms with Crippen LogP contribution in [0.25, 0.3) is 0 Å². The van der Waals surface area contributed by atoms with Crippen molar-refractivity contribution in [2.75, 3.05) is 0 Å². The van der Waals surface area contributed by atoms with Crippen LogP contribution in [0.4, 0.5) is 0 Å². The minimum atomic E-state index is -1.02. The summed E-state index contributed by atoms with van der Waals surface area (Å²) < 4.78 is 0. The highest BCUT2D eigenvalue weighted by Gasteiger charge is 2.22. The van der Waals surface area contributed by atoms with Crippen LogP contribution in [0.15, 0.2) is 11.3 Å². The first-order valence-corrected chi connectivity index (χ1v) is 11.5. The summed E-state index contributed by atoms with van der Waals surface area (Å²) >= 11 is 0. The van der Waals surface area contributed by atoms with Crippen LogP contribution >= 0.6 is 0 Å². The van der Waals surface area contributed by atoms with Gasteiger partial charge in [0.1, 0.15) is 8.48 Å². The summed E-state index contributed by atoms with van der Waals surface area (Å²) in [5.74, 6) is 0. The molecule has 0 spiro atoms. The van der Waals surface area contributed by atoms with E-state index in [1.165, 1.54) is 12.8 Å². The molecule has 0 rings (SSSR count). The molecule has 0 bridgehead atoms. The van der Waals surface area contributed by atoms with Gasteiger partial charge in [0.2, 0.25) is 0 Å². The number of nitrogens with two attached hydrogens (primary N) is 1. The van der Waals surface area contributed by atoms with Gasteiger partial charge in [-0.05, 0) is 12.8 Å². The van der Waals surface area contributed by atoms with Crippen molar-refractivity contribution in [3.63, 3.8) is 0 Å². The molecule has 1 unspecified atom stereocenters. The first-order valence-electron chi connectivity index (χ1n) is 4.87. The molecule has 3 heteroatoms. The summed E-state index contributed by atoms with van der Waals surface area (Å²) in [5, 5.41) is 6.23. The van der Waals surface area contributed by atoms with Gasteiger partial charge in [0.05, 0.1) is 7.59 Å². The van der Waals surface area contributed by atoms with Crippen molar-refractivity contribution in [1.82, 2.24) is 0 Å². The molecule has 0 saturated heterocycles. The summed E-state index contributed by atoms with van der Waals surface area (Å²) in [4.78, 5) is 0. The molecule has 0 amide bonds. The topological polar surface area (TPSA) is 26.0 Å². The summed E-state index contributed by atoms with van der Waals surface area (Å²) in [6.45, 7) is 11.6. The molecule has 0 radical (unpaired) electrons. The van der Waals surface area contributed by atoms with E-state index in [1.807, 2.05) is 0 Å². The first kappa shape index (κ1) is 12.1. The van der Waals surface area contributed by atoms with E-state index in [-0.39, 0.29) is 0 Å². The number of hydrogen-bond donors (Lipinski definition) is 1. The first-order chi connectivity index (χ1) is 5.41. The Labute approximate surface area is 79.5 Å². The van der Waals surface area contributed by atoms with Gasteiger partial charge in [0.25, 0.3) is 0 Å². The van der Waals surface area contributed by atoms with E-state index in [2.05, 4.69) is 39.2 Å². The van der Waals surface area contributed by atoms with E-state index in [4.69, 9.17) is 5.40 Å². The molecule has 0 heterocycles. The molecule has 12 heavy (non-hydrogen) atoms. The van der Waals surface area contributed by atoms with Gasteiger partial charge in [-0.1, -0.05) is 44.8 Å². The standard InChI is InChI=1S/C9H23NSi2/c1-6-9(7-2)8-11(10)12(3,4)5/h8,11H,6-7,10H2,1-5H3. The Kier molecular flexibility index (Phi) is 5.05. The van der Waals surface area contributed by atoms with Crippen molar-refractivity contribution in [2.45, 2.75) is 46.3 Å². The molecule has 2 N–H and O–H groups in total. The maximum atomic E-state index is 6.23. The third kappa shape index (κ3) is 4.23. The zero-order chi connectivity index (χ0) is 9.78. The molecule has 0 saturated carbocycles. The minimum absolute atomic E-state index is 1.01. The highest BCUT2D eigenvalue weighted by atomic mass is 29.2. The molecular weight excluding hydrogens is 178 g/mol. The van der Waals surface area contributed by atoms with Crippen LogP contribution in [-0.4, -0.2) is 16.1 Å². The van der Waals surface area contributed by atoms with Crippen LogP contribution < -0.4 is 5.40 Å². The normalized spacial score (nSPS) is 14.2. The highest BCUT2D eigenvalue weighted by Crippen LogP contribution is 2.10. The van der Waals surface area contributed by atoms with E-state index >= 15 is 0 Å². The van der Waals surface area contributed by atoms with E-state index in [1.54, 1.807) is 5.57 Å². The molecule has 0 aromatic carbocycles. The third-order valence-corrected chi connectivity index (χ3v) is 11.7. The lowest BCUT2D eigenvalue weighted by molar-refractivity contribution is 0.981. The average molecular weight is 201 g/mol. The van der Waals surface area contributed by atoms with E-state index in [0.29, 0.717) is 0 Å². The van der Waals surface area contributed by atoms with Crippen molar-refractivity contribution in [3.8, 4) is 0 Å². The van der Waals surface area contributed by atoms with Crippen LogP contribution in [-0.2, 0) is 0 Å². The molecule has 0 aromatic heterocycles. The van der Waals surface area contributed by atoms with Gasteiger partial charge in [-0.3, -0.25) is 0 Å². The van der Waals surface area contributed by atoms with Gasteiger partial charge >= 0.3 is 0 Å². The largest absolute Gasteiger partial charge is 0.352 e. The lowest BCUT2D eigenvalue weighted by atomic mass is 10.2. The fourth-order valence-corrected chi connectivity index (χ4v) is 4.68. The Balaban J connectivity index is 4.30. The molecule has 0 aliphatic rings. The fourth-order valence-electron chi connectivity index (χ4n) is 0.990. The lowest BCUT2D eigenvalue weighted by Gasteiger charge is -2.21. The van der Waals surface area contributed by atoms with Crippen LogP contribution in [0.3, 0.4) is 0 Å². The number of rotatable bonds is 4. The van der Waals surface area contributed by atoms with Crippen molar-refractivity contribution < 1.29 is 0 Å². The van der Waals surface area contributed by atoms with E-state index in [9.17, 15) is 0 Å². The Hall–Kier alpha value is 0.134. The third-order valence-electron chi connectivity index (χ3n) is 2.32. The van der Waals surface area contributed by atoms with Gasteiger partial charge in [-0.15, -0.1) is 0 Å². The maximum Gasteiger partial charge on any atom is 0.120 e. The predicted octanol–water partition coefficient (Wildman–Crippen LogP) is 2.37. The highest BCUT2D eigenvalue weighted by molar-refractivity contribution is 7.32. The quantitative estimate of drug-likeness (QED) is 0.695. The monoisotopic (exact) mass is 201 g/mol. The van der Waals surface area contributed by atoms with Crippen molar-refractivity contribution in [3.05, 3.63) is 11.3 Å². The zero-order valence-electron chi connectivity index (χ0n) is 9.15. The lowest BCUT2D eigenvalue weighted by Crippen LogP contribution is -2.49. The predicted molar refractivity (Wildman–Crippen MR) is 63.3 cm³/mol. The average Bonchev–Trinajstić information content (AvgIpc) is 1.97.